The van der Waals surface area contributed by atoms with Gasteiger partial charge in [0, 0.05) is 18.1 Å². The molecule has 2 fully saturated rings. The van der Waals surface area contributed by atoms with E-state index in [-0.39, 0.29) is 0 Å². The van der Waals surface area contributed by atoms with Gasteiger partial charge < -0.3 is 10.2 Å². The average molecular weight is 224 g/mol. The number of fused-ring (bicyclic) bond motifs is 2. The number of rotatable bonds is 6. The summed E-state index contributed by atoms with van der Waals surface area (Å²) in [6, 6.07) is 2.53. The molecule has 2 nitrogen and oxygen atoms in total. The fourth-order valence-corrected chi connectivity index (χ4v) is 3.36. The third kappa shape index (κ3) is 3.21. The molecule has 2 atom stereocenters. The zero-order valence-corrected chi connectivity index (χ0v) is 11.0. The maximum Gasteiger partial charge on any atom is 0.0122 e. The molecule has 0 amide bonds. The molecule has 0 aromatic rings. The first kappa shape index (κ1) is 12.4. The molecule has 2 aliphatic rings. The van der Waals surface area contributed by atoms with Gasteiger partial charge in [-0.15, -0.1) is 0 Å². The predicted molar refractivity (Wildman–Crippen MR) is 69.7 cm³/mol. The van der Waals surface area contributed by atoms with Gasteiger partial charge in [0.1, 0.15) is 0 Å². The highest BCUT2D eigenvalue weighted by atomic mass is 15.2. The van der Waals surface area contributed by atoms with E-state index >= 15 is 0 Å². The fourth-order valence-electron chi connectivity index (χ4n) is 3.36. The molecule has 2 aliphatic heterocycles. The molecule has 0 aliphatic carbocycles. The van der Waals surface area contributed by atoms with Crippen LogP contribution in [0.25, 0.3) is 0 Å². The van der Waals surface area contributed by atoms with Crippen molar-refractivity contribution < 1.29 is 0 Å². The van der Waals surface area contributed by atoms with E-state index in [9.17, 15) is 0 Å². The predicted octanol–water partition coefficient (Wildman–Crippen LogP) is 2.78. The molecule has 2 heteroatoms. The van der Waals surface area contributed by atoms with Crippen molar-refractivity contribution in [2.24, 2.45) is 0 Å². The lowest BCUT2D eigenvalue weighted by Crippen LogP contribution is -2.47. The lowest BCUT2D eigenvalue weighted by Gasteiger charge is -2.35. The topological polar surface area (TPSA) is 15.3 Å². The van der Waals surface area contributed by atoms with E-state index in [1.807, 2.05) is 0 Å². The van der Waals surface area contributed by atoms with Gasteiger partial charge in [0.05, 0.1) is 0 Å². The summed E-state index contributed by atoms with van der Waals surface area (Å²) in [5.41, 5.74) is 0. The zero-order valence-electron chi connectivity index (χ0n) is 11.0. The van der Waals surface area contributed by atoms with Crippen molar-refractivity contribution in [3.63, 3.8) is 0 Å². The van der Waals surface area contributed by atoms with Crippen LogP contribution in [0.3, 0.4) is 0 Å². The molecule has 2 saturated heterocycles. The van der Waals surface area contributed by atoms with E-state index < -0.39 is 0 Å². The Morgan fingerprint density at radius 3 is 2.38 bits per heavy atom. The van der Waals surface area contributed by atoms with Crippen molar-refractivity contribution in [2.75, 3.05) is 13.6 Å². The third-order valence-electron chi connectivity index (χ3n) is 4.44. The van der Waals surface area contributed by atoms with E-state index in [4.69, 9.17) is 0 Å². The summed E-state index contributed by atoms with van der Waals surface area (Å²) in [5.74, 6) is 0. The van der Waals surface area contributed by atoms with Gasteiger partial charge in [-0.1, -0.05) is 26.2 Å². The van der Waals surface area contributed by atoms with Crippen molar-refractivity contribution in [1.82, 2.24) is 10.2 Å². The van der Waals surface area contributed by atoms with Crippen molar-refractivity contribution >= 4 is 0 Å². The summed E-state index contributed by atoms with van der Waals surface area (Å²) < 4.78 is 0. The van der Waals surface area contributed by atoms with E-state index in [1.54, 1.807) is 0 Å². The molecule has 2 bridgehead atoms. The van der Waals surface area contributed by atoms with Crippen LogP contribution in [-0.4, -0.2) is 36.6 Å². The number of nitrogens with one attached hydrogen (secondary N) is 1. The molecule has 0 aromatic carbocycles. The van der Waals surface area contributed by atoms with Crippen LogP contribution in [0.1, 0.15) is 58.3 Å². The molecule has 2 rings (SSSR count). The van der Waals surface area contributed by atoms with Crippen LogP contribution >= 0.6 is 0 Å². The molecular formula is C14H28N2. The summed E-state index contributed by atoms with van der Waals surface area (Å²) >= 11 is 0. The van der Waals surface area contributed by atoms with Crippen LogP contribution in [0.2, 0.25) is 0 Å². The first-order valence-electron chi connectivity index (χ1n) is 7.26. The molecule has 16 heavy (non-hydrogen) atoms. The minimum atomic E-state index is 0.835. The fraction of sp³-hybridized carbons (Fsp3) is 1.00. The van der Waals surface area contributed by atoms with E-state index in [0.717, 1.165) is 18.1 Å². The van der Waals surface area contributed by atoms with Gasteiger partial charge in [-0.3, -0.25) is 0 Å². The molecule has 2 unspecified atom stereocenters. The van der Waals surface area contributed by atoms with Crippen molar-refractivity contribution in [2.45, 2.75) is 76.4 Å². The molecule has 0 spiro atoms. The van der Waals surface area contributed by atoms with E-state index in [1.165, 1.54) is 57.9 Å². The van der Waals surface area contributed by atoms with Crippen molar-refractivity contribution in [1.29, 1.82) is 0 Å². The maximum absolute atomic E-state index is 3.72. The van der Waals surface area contributed by atoms with Crippen LogP contribution in [0.15, 0.2) is 0 Å². The Kier molecular flexibility index (Phi) is 4.66. The Balaban J connectivity index is 1.67. The van der Waals surface area contributed by atoms with Crippen LogP contribution in [0, 0.1) is 0 Å². The zero-order chi connectivity index (χ0) is 11.4. The molecule has 1 N–H and O–H groups in total. The van der Waals surface area contributed by atoms with Crippen LogP contribution < -0.4 is 5.32 Å². The Bertz CT molecular complexity index is 193. The van der Waals surface area contributed by atoms with Gasteiger partial charge in [-0.25, -0.2) is 0 Å². The number of hydrogen-bond acceptors (Lipinski definition) is 2. The largest absolute Gasteiger partial charge is 0.311 e. The third-order valence-corrected chi connectivity index (χ3v) is 4.44. The normalized spacial score (nSPS) is 33.6. The molecule has 0 aromatic heterocycles. The smallest absolute Gasteiger partial charge is 0.0122 e. The van der Waals surface area contributed by atoms with Crippen molar-refractivity contribution in [3.05, 3.63) is 0 Å². The summed E-state index contributed by atoms with van der Waals surface area (Å²) in [4.78, 5) is 2.63. The Morgan fingerprint density at radius 2 is 1.75 bits per heavy atom. The van der Waals surface area contributed by atoms with Gasteiger partial charge in [0.15, 0.2) is 0 Å². The van der Waals surface area contributed by atoms with Crippen LogP contribution in [-0.2, 0) is 0 Å². The van der Waals surface area contributed by atoms with Gasteiger partial charge >= 0.3 is 0 Å². The first-order chi connectivity index (χ1) is 7.79. The quantitative estimate of drug-likeness (QED) is 0.698. The molecular weight excluding hydrogens is 196 g/mol. The van der Waals surface area contributed by atoms with Gasteiger partial charge in [0.25, 0.3) is 0 Å². The molecule has 94 valence electrons. The Labute approximate surface area is 101 Å². The minimum absolute atomic E-state index is 0.835. The number of unbranched alkanes of at least 4 members (excludes halogenated alkanes) is 3. The van der Waals surface area contributed by atoms with Crippen LogP contribution in [0.5, 0.6) is 0 Å². The standard InChI is InChI=1S/C14H28N2/c1-3-4-5-6-9-16(2)14-10-12-7-8-13(11-14)15-12/h12-15H,3-11H2,1-2H3. The van der Waals surface area contributed by atoms with E-state index in [2.05, 4.69) is 24.2 Å². The lowest BCUT2D eigenvalue weighted by atomic mass is 9.98. The van der Waals surface area contributed by atoms with Crippen LogP contribution in [0.4, 0.5) is 0 Å². The molecule has 0 saturated carbocycles. The Morgan fingerprint density at radius 1 is 1.06 bits per heavy atom. The molecule has 2 heterocycles. The second kappa shape index (κ2) is 6.02. The average Bonchev–Trinajstić information content (AvgIpc) is 2.63. The highest BCUT2D eigenvalue weighted by Gasteiger charge is 2.34. The summed E-state index contributed by atoms with van der Waals surface area (Å²) in [6.45, 7) is 3.60. The lowest BCUT2D eigenvalue weighted by molar-refractivity contribution is 0.170. The second-order valence-corrected chi connectivity index (χ2v) is 5.80. The highest BCUT2D eigenvalue weighted by molar-refractivity contribution is 4.95. The summed E-state index contributed by atoms with van der Waals surface area (Å²) in [6.07, 6.45) is 11.2. The molecule has 0 radical (unpaired) electrons. The number of nitrogens with zero attached hydrogens (tertiary/aromatic N) is 1. The van der Waals surface area contributed by atoms with Gasteiger partial charge in [-0.05, 0) is 45.7 Å². The van der Waals surface area contributed by atoms with Gasteiger partial charge in [-0.2, -0.15) is 0 Å². The Hall–Kier alpha value is -0.0800. The second-order valence-electron chi connectivity index (χ2n) is 5.80. The van der Waals surface area contributed by atoms with E-state index in [0.29, 0.717) is 0 Å². The summed E-state index contributed by atoms with van der Waals surface area (Å²) in [5, 5.41) is 3.72. The minimum Gasteiger partial charge on any atom is -0.311 e. The van der Waals surface area contributed by atoms with Gasteiger partial charge in [0.2, 0.25) is 0 Å². The SMILES string of the molecule is CCCCCCN(C)C1CC2CCC(C1)N2. The summed E-state index contributed by atoms with van der Waals surface area (Å²) in [7, 11) is 2.33. The first-order valence-corrected chi connectivity index (χ1v) is 7.26. The maximum atomic E-state index is 3.72. The monoisotopic (exact) mass is 224 g/mol. The number of piperidine rings is 1. The van der Waals surface area contributed by atoms with Crippen molar-refractivity contribution in [3.8, 4) is 0 Å². The number of hydrogen-bond donors (Lipinski definition) is 1. The highest BCUT2D eigenvalue weighted by Crippen LogP contribution is 2.29.